The number of nitrogens with one attached hydrogen (secondary N) is 1. The van der Waals surface area contributed by atoms with Crippen LogP contribution in [-0.2, 0) is 4.74 Å². The average Bonchev–Trinajstić information content (AvgIpc) is 2.49. The second-order valence-corrected chi connectivity index (χ2v) is 4.29. The Labute approximate surface area is 92.5 Å². The molecule has 0 bridgehead atoms. The van der Waals surface area contributed by atoms with E-state index in [0.29, 0.717) is 10.6 Å². The molecule has 0 aliphatic heterocycles. The Morgan fingerprint density at radius 2 is 2.13 bits per heavy atom. The monoisotopic (exact) mass is 232 g/mol. The van der Waals surface area contributed by atoms with Gasteiger partial charge < -0.3 is 20.7 Å². The maximum atomic E-state index is 9.65. The lowest BCUT2D eigenvalue weighted by atomic mass is 10.3. The van der Waals surface area contributed by atoms with E-state index < -0.39 is 12.6 Å². The van der Waals surface area contributed by atoms with Gasteiger partial charge in [0.15, 0.2) is 0 Å². The van der Waals surface area contributed by atoms with Crippen LogP contribution < -0.4 is 11.1 Å². The van der Waals surface area contributed by atoms with Crippen LogP contribution in [0.1, 0.15) is 25.6 Å². The van der Waals surface area contributed by atoms with Gasteiger partial charge in [0.2, 0.25) is 6.41 Å². The summed E-state index contributed by atoms with van der Waals surface area (Å²) in [5.74, 6) is 0. The first-order chi connectivity index (χ1) is 7.00. The summed E-state index contributed by atoms with van der Waals surface area (Å²) >= 11 is 1.33. The van der Waals surface area contributed by atoms with E-state index in [9.17, 15) is 10.2 Å². The number of aliphatic hydroxyl groups is 2. The van der Waals surface area contributed by atoms with Gasteiger partial charge in [0.1, 0.15) is 6.23 Å². The Kier molecular flexibility index (Phi) is 4.49. The molecule has 5 nitrogen and oxygen atoms in total. The Morgan fingerprint density at radius 3 is 2.60 bits per heavy atom. The predicted molar refractivity (Wildman–Crippen MR) is 59.1 cm³/mol. The molecule has 0 radical (unpaired) electrons. The number of hydrogen-bond acceptors (Lipinski definition) is 6. The highest BCUT2D eigenvalue weighted by Crippen LogP contribution is 2.24. The van der Waals surface area contributed by atoms with E-state index in [1.54, 1.807) is 25.3 Å². The lowest BCUT2D eigenvalue weighted by molar-refractivity contribution is -0.164. The van der Waals surface area contributed by atoms with Crippen molar-refractivity contribution in [3.63, 3.8) is 0 Å². The molecule has 0 aromatic carbocycles. The fourth-order valence-electron chi connectivity index (χ4n) is 1.08. The molecule has 0 aliphatic rings. The van der Waals surface area contributed by atoms with Crippen molar-refractivity contribution < 1.29 is 14.9 Å². The number of ether oxygens (including phenoxy) is 1. The number of nitrogen functional groups attached to an aromatic ring is 1. The van der Waals surface area contributed by atoms with Gasteiger partial charge >= 0.3 is 0 Å². The fraction of sp³-hybridized carbons (Fsp3) is 0.556. The number of aliphatic hydroxyl groups excluding tert-OH is 2. The van der Waals surface area contributed by atoms with E-state index in [2.05, 4.69) is 5.32 Å². The van der Waals surface area contributed by atoms with E-state index in [4.69, 9.17) is 10.5 Å². The number of hydrogen-bond donors (Lipinski definition) is 4. The molecule has 0 saturated heterocycles. The minimum absolute atomic E-state index is 0.125. The van der Waals surface area contributed by atoms with Gasteiger partial charge in [-0.1, -0.05) is 0 Å². The summed E-state index contributed by atoms with van der Waals surface area (Å²) in [4.78, 5) is 0. The van der Waals surface area contributed by atoms with Crippen molar-refractivity contribution in [3.8, 4) is 0 Å². The Bertz CT molecular complexity index is 303. The molecule has 15 heavy (non-hydrogen) atoms. The molecule has 5 N–H and O–H groups in total. The quantitative estimate of drug-likeness (QED) is 0.559. The summed E-state index contributed by atoms with van der Waals surface area (Å²) in [6.07, 6.45) is -2.36. The molecule has 1 rings (SSSR count). The van der Waals surface area contributed by atoms with Crippen LogP contribution in [0.15, 0.2) is 11.4 Å². The lowest BCUT2D eigenvalue weighted by Crippen LogP contribution is -2.36. The first-order valence-electron chi connectivity index (χ1n) is 4.61. The van der Waals surface area contributed by atoms with Crippen LogP contribution in [0.4, 0.5) is 5.00 Å². The Hall–Kier alpha value is -0.660. The fourth-order valence-corrected chi connectivity index (χ4v) is 1.76. The highest BCUT2D eigenvalue weighted by Gasteiger charge is 2.16. The molecule has 2 atom stereocenters. The molecule has 2 unspecified atom stereocenters. The van der Waals surface area contributed by atoms with Crippen molar-refractivity contribution >= 4 is 16.3 Å². The third-order valence-electron chi connectivity index (χ3n) is 1.72. The maximum absolute atomic E-state index is 9.65. The number of rotatable bonds is 5. The summed E-state index contributed by atoms with van der Waals surface area (Å²) in [5.41, 5.74) is 6.16. The van der Waals surface area contributed by atoms with Crippen molar-refractivity contribution in [1.82, 2.24) is 5.32 Å². The largest absolute Gasteiger partial charge is 0.390 e. The summed E-state index contributed by atoms with van der Waals surface area (Å²) < 4.78 is 5.01. The SMILES string of the molecule is CC(C)OC(O)NC(O)c1ccsc1N. The van der Waals surface area contributed by atoms with E-state index in [0.717, 1.165) is 0 Å². The van der Waals surface area contributed by atoms with E-state index in [1.165, 1.54) is 11.3 Å². The smallest absolute Gasteiger partial charge is 0.216 e. The molecule has 6 heteroatoms. The van der Waals surface area contributed by atoms with Crippen molar-refractivity contribution in [3.05, 3.63) is 17.0 Å². The minimum atomic E-state index is -1.21. The van der Waals surface area contributed by atoms with Gasteiger partial charge in [0.25, 0.3) is 0 Å². The number of nitrogens with two attached hydrogens (primary N) is 1. The maximum Gasteiger partial charge on any atom is 0.216 e. The zero-order chi connectivity index (χ0) is 11.4. The van der Waals surface area contributed by atoms with E-state index >= 15 is 0 Å². The zero-order valence-electron chi connectivity index (χ0n) is 8.68. The molecule has 0 amide bonds. The molecule has 0 spiro atoms. The van der Waals surface area contributed by atoms with Crippen LogP contribution in [0.3, 0.4) is 0 Å². The second kappa shape index (κ2) is 5.43. The molecule has 0 fully saturated rings. The van der Waals surface area contributed by atoms with Gasteiger partial charge in [0.05, 0.1) is 11.1 Å². The van der Waals surface area contributed by atoms with Gasteiger partial charge in [-0.15, -0.1) is 11.3 Å². The van der Waals surface area contributed by atoms with Crippen molar-refractivity contribution in [1.29, 1.82) is 0 Å². The van der Waals surface area contributed by atoms with Crippen LogP contribution in [-0.4, -0.2) is 22.7 Å². The summed E-state index contributed by atoms with van der Waals surface area (Å²) in [6, 6.07) is 1.69. The third-order valence-corrected chi connectivity index (χ3v) is 2.49. The van der Waals surface area contributed by atoms with Crippen LogP contribution in [0.2, 0.25) is 0 Å². The van der Waals surface area contributed by atoms with Gasteiger partial charge in [-0.2, -0.15) is 0 Å². The highest BCUT2D eigenvalue weighted by molar-refractivity contribution is 7.14. The minimum Gasteiger partial charge on any atom is -0.390 e. The standard InChI is InChI=1S/C9H16N2O3S/c1-5(2)14-9(13)11-8(12)6-3-4-15-7(6)10/h3-5,8-9,11-13H,10H2,1-2H3. The van der Waals surface area contributed by atoms with Gasteiger partial charge in [-0.3, -0.25) is 0 Å². The number of anilines is 1. The van der Waals surface area contributed by atoms with Gasteiger partial charge in [0, 0.05) is 5.56 Å². The average molecular weight is 232 g/mol. The topological polar surface area (TPSA) is 87.7 Å². The molecular weight excluding hydrogens is 216 g/mol. The van der Waals surface area contributed by atoms with Crippen LogP contribution in [0.25, 0.3) is 0 Å². The van der Waals surface area contributed by atoms with E-state index in [1.807, 2.05) is 0 Å². The van der Waals surface area contributed by atoms with Gasteiger partial charge in [-0.05, 0) is 25.3 Å². The molecule has 0 aliphatic carbocycles. The van der Waals surface area contributed by atoms with E-state index in [-0.39, 0.29) is 6.10 Å². The number of thiophene rings is 1. The molecule has 0 saturated carbocycles. The first-order valence-corrected chi connectivity index (χ1v) is 5.49. The van der Waals surface area contributed by atoms with Crippen LogP contribution in [0.5, 0.6) is 0 Å². The zero-order valence-corrected chi connectivity index (χ0v) is 9.49. The van der Waals surface area contributed by atoms with Crippen LogP contribution >= 0.6 is 11.3 Å². The van der Waals surface area contributed by atoms with Gasteiger partial charge in [-0.25, -0.2) is 5.32 Å². The highest BCUT2D eigenvalue weighted by atomic mass is 32.1. The normalized spacial score (nSPS) is 15.5. The Morgan fingerprint density at radius 1 is 1.47 bits per heavy atom. The molecule has 86 valence electrons. The lowest BCUT2D eigenvalue weighted by Gasteiger charge is -2.19. The summed E-state index contributed by atoms with van der Waals surface area (Å²) in [5, 5.41) is 23.8. The summed E-state index contributed by atoms with van der Waals surface area (Å²) in [7, 11) is 0. The first kappa shape index (κ1) is 12.4. The molecule has 1 aromatic rings. The predicted octanol–water partition coefficient (Wildman–Crippen LogP) is 0.612. The van der Waals surface area contributed by atoms with Crippen LogP contribution in [0, 0.1) is 0 Å². The molecule has 1 heterocycles. The molecule has 1 aromatic heterocycles. The Balaban J connectivity index is 2.49. The van der Waals surface area contributed by atoms with Crippen molar-refractivity contribution in [2.45, 2.75) is 32.6 Å². The second-order valence-electron chi connectivity index (χ2n) is 3.35. The van der Waals surface area contributed by atoms with Crippen molar-refractivity contribution in [2.75, 3.05) is 5.73 Å². The molecular formula is C9H16N2O3S. The third kappa shape index (κ3) is 3.77. The van der Waals surface area contributed by atoms with Crippen molar-refractivity contribution in [2.24, 2.45) is 0 Å². The summed E-state index contributed by atoms with van der Waals surface area (Å²) in [6.45, 7) is 3.58.